The number of rotatable bonds is 6. The molecular formula is C42H18I6N2O9. The van der Waals surface area contributed by atoms with Gasteiger partial charge in [-0.25, -0.2) is 14.4 Å². The van der Waals surface area contributed by atoms with Crippen molar-refractivity contribution >= 4 is 219 Å². The second-order valence-corrected chi connectivity index (χ2v) is 20.6. The lowest BCUT2D eigenvalue weighted by Gasteiger charge is -2.29. The Morgan fingerprint density at radius 2 is 0.627 bits per heavy atom. The molecule has 6 aromatic carbocycles. The number of hydrogen-bond donors (Lipinski definition) is 3. The molecule has 11 nitrogen and oxygen atoms in total. The first-order valence-corrected chi connectivity index (χ1v) is 23.3. The summed E-state index contributed by atoms with van der Waals surface area (Å²) in [5.74, 6) is -3.66. The number of aromatic nitrogens is 1. The molecule has 59 heavy (non-hydrogen) atoms. The van der Waals surface area contributed by atoms with Crippen LogP contribution in [0.4, 0.5) is 17.1 Å². The van der Waals surface area contributed by atoms with Gasteiger partial charge in [-0.1, -0.05) is 0 Å². The summed E-state index contributed by atoms with van der Waals surface area (Å²) in [6, 6.07) is 24.9. The summed E-state index contributed by atoms with van der Waals surface area (Å²) in [5, 5.41) is 32.5. The van der Waals surface area contributed by atoms with Crippen LogP contribution in [0.5, 0.6) is 0 Å². The number of pyridine rings is 3. The van der Waals surface area contributed by atoms with Gasteiger partial charge in [-0.3, -0.25) is 14.4 Å². The minimum absolute atomic E-state index is 0.0864. The summed E-state index contributed by atoms with van der Waals surface area (Å²) in [7, 11) is 0. The predicted molar refractivity (Wildman–Crippen MR) is 278 cm³/mol. The maximum absolute atomic E-state index is 13.3. The third kappa shape index (κ3) is 7.36. The summed E-state index contributed by atoms with van der Waals surface area (Å²) < 4.78 is 6.48. The van der Waals surface area contributed by atoms with E-state index in [4.69, 9.17) is 0 Å². The number of carbonyl (C=O) groups is 3. The van der Waals surface area contributed by atoms with Crippen LogP contribution in [0.15, 0.2) is 105 Å². The lowest BCUT2D eigenvalue weighted by Crippen LogP contribution is -2.20. The Labute approximate surface area is 412 Å². The van der Waals surface area contributed by atoms with Crippen molar-refractivity contribution in [2.75, 3.05) is 4.90 Å². The van der Waals surface area contributed by atoms with E-state index < -0.39 is 17.9 Å². The summed E-state index contributed by atoms with van der Waals surface area (Å²) >= 11 is 12.4. The third-order valence-electron chi connectivity index (χ3n) is 9.65. The minimum atomic E-state index is -1.22. The van der Waals surface area contributed by atoms with Crippen LogP contribution in [0.1, 0.15) is 31.1 Å². The van der Waals surface area contributed by atoms with Crippen LogP contribution in [0, 0.1) is 21.4 Å². The Bertz CT molecular complexity index is 3020. The molecule has 0 bridgehead atoms. The van der Waals surface area contributed by atoms with E-state index in [9.17, 15) is 44.1 Å². The number of carboxylic acid groups (broad SMARTS) is 3. The molecule has 0 aliphatic heterocycles. The molecule has 0 fully saturated rings. The molecule has 9 aromatic rings. The molecule has 0 aliphatic rings. The van der Waals surface area contributed by atoms with E-state index in [1.165, 1.54) is 23.1 Å². The molecule has 0 spiro atoms. The number of nitrogens with zero attached hydrogens (tertiary/aromatic N) is 2. The number of anilines is 3. The minimum Gasteiger partial charge on any atom is -0.478 e. The number of hydrogen-bond acceptors (Lipinski definition) is 7. The Kier molecular flexibility index (Phi) is 11.6. The van der Waals surface area contributed by atoms with Gasteiger partial charge in [0.25, 0.3) is 0 Å². The van der Waals surface area contributed by atoms with Gasteiger partial charge < -0.3 is 24.6 Å². The van der Waals surface area contributed by atoms with Gasteiger partial charge in [0.15, 0.2) is 16.3 Å². The highest BCUT2D eigenvalue weighted by Gasteiger charge is 2.28. The number of carboxylic acids is 3. The molecule has 3 heterocycles. The molecule has 292 valence electrons. The van der Waals surface area contributed by atoms with Crippen molar-refractivity contribution in [1.82, 2.24) is 4.40 Å². The van der Waals surface area contributed by atoms with Crippen LogP contribution in [-0.4, -0.2) is 37.6 Å². The van der Waals surface area contributed by atoms with Gasteiger partial charge in [-0.15, -0.1) is 0 Å². The lowest BCUT2D eigenvalue weighted by molar-refractivity contribution is 0.0688. The SMILES string of the molecule is O=C(O)c1cc(I)ccc1N(c1ccc(I)cc1C(=O)O)c1ccc(I)cc1C(=O)O.O=c1c2cc(I)cc3c(=O)c4cc(I)cc5c(=O)c6cc(I)cc1c6n(c23)c45. The molecule has 0 atom stereocenters. The van der Waals surface area contributed by atoms with Crippen molar-refractivity contribution in [2.45, 2.75) is 0 Å². The maximum Gasteiger partial charge on any atom is 0.337 e. The van der Waals surface area contributed by atoms with Crippen LogP contribution >= 0.6 is 136 Å². The second kappa shape index (κ2) is 16.2. The molecule has 0 unspecified atom stereocenters. The monoisotopic (exact) mass is 1460 g/mol. The van der Waals surface area contributed by atoms with E-state index in [0.717, 1.165) is 10.7 Å². The number of halogens is 6. The van der Waals surface area contributed by atoms with Crippen molar-refractivity contribution in [1.29, 1.82) is 0 Å². The zero-order valence-corrected chi connectivity index (χ0v) is 42.1. The summed E-state index contributed by atoms with van der Waals surface area (Å²) in [6.07, 6.45) is 0. The van der Waals surface area contributed by atoms with Gasteiger partial charge in [-0.05, 0) is 227 Å². The highest BCUT2D eigenvalue weighted by Crippen LogP contribution is 2.42. The quantitative estimate of drug-likeness (QED) is 0.0827. The van der Waals surface area contributed by atoms with Crippen LogP contribution < -0.4 is 21.2 Å². The summed E-state index contributed by atoms with van der Waals surface area (Å²) in [4.78, 5) is 77.5. The predicted octanol–water partition coefficient (Wildman–Crippen LogP) is 10.8. The molecular weight excluding hydrogens is 1440 g/mol. The van der Waals surface area contributed by atoms with Gasteiger partial charge >= 0.3 is 17.9 Å². The molecule has 0 saturated heterocycles. The van der Waals surface area contributed by atoms with E-state index in [1.54, 1.807) is 36.4 Å². The second-order valence-electron chi connectivity index (χ2n) is 13.1. The molecule has 3 aromatic heterocycles. The third-order valence-corrected chi connectivity index (χ3v) is 13.5. The van der Waals surface area contributed by atoms with Gasteiger partial charge in [0.1, 0.15) is 0 Å². The Hall–Kier alpha value is -3.28. The van der Waals surface area contributed by atoms with Crippen molar-refractivity contribution in [3.63, 3.8) is 0 Å². The maximum atomic E-state index is 13.3. The fourth-order valence-corrected chi connectivity index (χ4v) is 10.7. The first-order valence-electron chi connectivity index (χ1n) is 16.8. The molecule has 9 rings (SSSR count). The van der Waals surface area contributed by atoms with Gasteiger partial charge in [0.05, 0.1) is 50.3 Å². The van der Waals surface area contributed by atoms with Crippen molar-refractivity contribution in [3.8, 4) is 0 Å². The highest BCUT2D eigenvalue weighted by atomic mass is 127. The van der Waals surface area contributed by atoms with E-state index >= 15 is 0 Å². The molecule has 0 aliphatic carbocycles. The lowest BCUT2D eigenvalue weighted by atomic mass is 9.98. The van der Waals surface area contributed by atoms with Crippen LogP contribution in [0.3, 0.4) is 0 Å². The average molecular weight is 1460 g/mol. The van der Waals surface area contributed by atoms with Gasteiger partial charge in [0, 0.05) is 53.7 Å². The molecule has 17 heteroatoms. The van der Waals surface area contributed by atoms with Crippen molar-refractivity contribution in [2.24, 2.45) is 0 Å². The van der Waals surface area contributed by atoms with Gasteiger partial charge in [-0.2, -0.15) is 0 Å². The van der Waals surface area contributed by atoms with Crippen LogP contribution in [0.2, 0.25) is 0 Å². The molecule has 0 amide bonds. The Balaban J connectivity index is 0.000000164. The fourth-order valence-electron chi connectivity index (χ4n) is 7.34. The number of benzene rings is 6. The average Bonchev–Trinajstić information content (AvgIpc) is 3.18. The Morgan fingerprint density at radius 3 is 0.847 bits per heavy atom. The van der Waals surface area contributed by atoms with Crippen molar-refractivity contribution in [3.05, 3.63) is 160 Å². The zero-order chi connectivity index (χ0) is 42.3. The van der Waals surface area contributed by atoms with E-state index in [2.05, 4.69) is 67.8 Å². The van der Waals surface area contributed by atoms with E-state index in [0.29, 0.717) is 59.6 Å². The largest absolute Gasteiger partial charge is 0.478 e. The Morgan fingerprint density at radius 1 is 0.390 bits per heavy atom. The smallest absolute Gasteiger partial charge is 0.337 e. The van der Waals surface area contributed by atoms with E-state index in [-0.39, 0.29) is 50.0 Å². The number of aromatic carboxylic acids is 3. The van der Waals surface area contributed by atoms with Gasteiger partial charge in [0.2, 0.25) is 0 Å². The summed E-state index contributed by atoms with van der Waals surface area (Å²) in [6.45, 7) is 0. The molecule has 3 N–H and O–H groups in total. The van der Waals surface area contributed by atoms with Crippen LogP contribution in [0.25, 0.3) is 48.9 Å². The topological polar surface area (TPSA) is 171 Å². The zero-order valence-electron chi connectivity index (χ0n) is 29.1. The first-order chi connectivity index (χ1) is 28.0. The first kappa shape index (κ1) is 42.4. The highest BCUT2D eigenvalue weighted by molar-refractivity contribution is 14.1. The summed E-state index contributed by atoms with van der Waals surface area (Å²) in [5.41, 5.74) is 1.59. The molecule has 0 saturated carbocycles. The van der Waals surface area contributed by atoms with E-state index in [1.807, 2.05) is 109 Å². The van der Waals surface area contributed by atoms with Crippen molar-refractivity contribution < 1.29 is 29.7 Å². The normalized spacial score (nSPS) is 11.5. The molecule has 0 radical (unpaired) electrons. The van der Waals surface area contributed by atoms with Crippen LogP contribution in [-0.2, 0) is 0 Å². The standard InChI is InChI=1S/C21H12I3NO6.C21H6I3NO3/c22-10-1-4-16(13(7-10)19(26)27)25(17-5-2-11(23)8-14(17)20(28)29)18-6-3-12(24)9-15(18)21(30)31;22-7-1-10-16-11(2-7)20(27)14-5-9(24)6-15-18(14)25(16)17-12(19(10)26)3-8(23)4-13(17)21(15)28/h1-9H,(H,26,27)(H,28,29)(H,30,31);1-6H. The fraction of sp³-hybridized carbons (Fsp3) is 0.